The number of carboxylic acid groups (broad SMARTS) is 1. The molecule has 0 radical (unpaired) electrons. The van der Waals surface area contributed by atoms with Crippen molar-refractivity contribution >= 4 is 23.8 Å². The van der Waals surface area contributed by atoms with Gasteiger partial charge in [-0.05, 0) is 18.2 Å². The third-order valence-corrected chi connectivity index (χ3v) is 1.81. The number of aromatic carboxylic acids is 1. The summed E-state index contributed by atoms with van der Waals surface area (Å²) < 4.78 is 0. The van der Waals surface area contributed by atoms with E-state index in [1.54, 1.807) is 0 Å². The molecule has 16 heavy (non-hydrogen) atoms. The van der Waals surface area contributed by atoms with Crippen LogP contribution in [0, 0.1) is 0 Å². The van der Waals surface area contributed by atoms with Crippen molar-refractivity contribution in [2.75, 3.05) is 5.32 Å². The maximum atomic E-state index is 10.9. The summed E-state index contributed by atoms with van der Waals surface area (Å²) in [5, 5.41) is 22.5. The summed E-state index contributed by atoms with van der Waals surface area (Å²) in [6.07, 6.45) is 1.05. The third kappa shape index (κ3) is 2.81. The van der Waals surface area contributed by atoms with Crippen LogP contribution in [0.1, 0.15) is 22.8 Å². The summed E-state index contributed by atoms with van der Waals surface area (Å²) in [6.45, 7) is 1.32. The van der Waals surface area contributed by atoms with Crippen LogP contribution in [0.3, 0.4) is 0 Å². The molecule has 0 atom stereocenters. The van der Waals surface area contributed by atoms with Crippen LogP contribution in [0.4, 0.5) is 5.69 Å². The average Bonchev–Trinajstić information content (AvgIpc) is 2.20. The molecule has 6 heteroatoms. The van der Waals surface area contributed by atoms with Gasteiger partial charge in [0.1, 0.15) is 0 Å². The van der Waals surface area contributed by atoms with Crippen molar-refractivity contribution in [2.24, 2.45) is 5.16 Å². The molecule has 0 bridgehead atoms. The number of hydrogen-bond acceptors (Lipinski definition) is 4. The van der Waals surface area contributed by atoms with Crippen LogP contribution in [0.25, 0.3) is 0 Å². The van der Waals surface area contributed by atoms with Gasteiger partial charge in [-0.2, -0.15) is 0 Å². The van der Waals surface area contributed by atoms with E-state index in [2.05, 4.69) is 10.5 Å². The normalized spacial score (nSPS) is 10.3. The fourth-order valence-electron chi connectivity index (χ4n) is 1.17. The van der Waals surface area contributed by atoms with Gasteiger partial charge >= 0.3 is 5.97 Å². The zero-order valence-electron chi connectivity index (χ0n) is 8.47. The van der Waals surface area contributed by atoms with E-state index in [1.165, 1.54) is 25.1 Å². The van der Waals surface area contributed by atoms with E-state index in [9.17, 15) is 9.59 Å². The van der Waals surface area contributed by atoms with Gasteiger partial charge in [-0.1, -0.05) is 5.16 Å². The lowest BCUT2D eigenvalue weighted by Gasteiger charge is -2.06. The standard InChI is InChI=1S/C10H10N2O4/c1-6(13)12-9-3-2-7(10(14)15)4-8(9)5-11-16/h2-5,16H,1H3,(H,12,13)(H,14,15)/b11-5+. The minimum Gasteiger partial charge on any atom is -0.478 e. The topological polar surface area (TPSA) is 99.0 Å². The molecule has 0 saturated heterocycles. The van der Waals surface area contributed by atoms with E-state index < -0.39 is 5.97 Å². The van der Waals surface area contributed by atoms with Crippen molar-refractivity contribution in [3.8, 4) is 0 Å². The van der Waals surface area contributed by atoms with Crippen molar-refractivity contribution in [3.05, 3.63) is 29.3 Å². The van der Waals surface area contributed by atoms with E-state index in [1.807, 2.05) is 0 Å². The van der Waals surface area contributed by atoms with E-state index in [-0.39, 0.29) is 11.5 Å². The third-order valence-electron chi connectivity index (χ3n) is 1.81. The van der Waals surface area contributed by atoms with Gasteiger partial charge < -0.3 is 15.6 Å². The maximum Gasteiger partial charge on any atom is 0.335 e. The smallest absolute Gasteiger partial charge is 0.335 e. The molecule has 0 fully saturated rings. The van der Waals surface area contributed by atoms with Gasteiger partial charge in [0.2, 0.25) is 5.91 Å². The van der Waals surface area contributed by atoms with Crippen LogP contribution in [-0.2, 0) is 4.79 Å². The second-order valence-electron chi connectivity index (χ2n) is 3.03. The fraction of sp³-hybridized carbons (Fsp3) is 0.100. The van der Waals surface area contributed by atoms with Crippen LogP contribution in [0.2, 0.25) is 0 Å². The van der Waals surface area contributed by atoms with E-state index in [0.717, 1.165) is 6.21 Å². The first-order valence-corrected chi connectivity index (χ1v) is 4.37. The molecule has 0 aromatic heterocycles. The molecular formula is C10H10N2O4. The Morgan fingerprint density at radius 3 is 2.62 bits per heavy atom. The number of benzene rings is 1. The van der Waals surface area contributed by atoms with Gasteiger partial charge in [0, 0.05) is 18.2 Å². The Morgan fingerprint density at radius 2 is 2.12 bits per heavy atom. The lowest BCUT2D eigenvalue weighted by atomic mass is 10.1. The van der Waals surface area contributed by atoms with Crippen LogP contribution >= 0.6 is 0 Å². The SMILES string of the molecule is CC(=O)Nc1ccc(C(=O)O)cc1/C=N/O. The van der Waals surface area contributed by atoms with Crippen molar-refractivity contribution in [1.82, 2.24) is 0 Å². The van der Waals surface area contributed by atoms with E-state index in [4.69, 9.17) is 10.3 Å². The van der Waals surface area contributed by atoms with Crippen LogP contribution in [0.5, 0.6) is 0 Å². The number of oxime groups is 1. The molecule has 1 aromatic carbocycles. The minimum atomic E-state index is -1.10. The van der Waals surface area contributed by atoms with Gasteiger partial charge in [0.05, 0.1) is 11.8 Å². The number of anilines is 1. The quantitative estimate of drug-likeness (QED) is 0.406. The first-order chi connectivity index (χ1) is 7.54. The monoisotopic (exact) mass is 222 g/mol. The molecule has 1 amide bonds. The van der Waals surface area contributed by atoms with Crippen molar-refractivity contribution in [1.29, 1.82) is 0 Å². The second-order valence-corrected chi connectivity index (χ2v) is 3.03. The molecule has 84 valence electrons. The Kier molecular flexibility index (Phi) is 3.60. The number of carbonyl (C=O) groups is 2. The Hall–Kier alpha value is -2.37. The molecule has 0 unspecified atom stereocenters. The molecule has 1 aromatic rings. The van der Waals surface area contributed by atoms with Crippen molar-refractivity contribution in [2.45, 2.75) is 6.92 Å². The van der Waals surface area contributed by atoms with E-state index in [0.29, 0.717) is 11.3 Å². The highest BCUT2D eigenvalue weighted by Crippen LogP contribution is 2.16. The summed E-state index contributed by atoms with van der Waals surface area (Å²) in [6, 6.07) is 4.08. The minimum absolute atomic E-state index is 0.0454. The summed E-state index contributed by atoms with van der Waals surface area (Å²) in [4.78, 5) is 21.6. The Morgan fingerprint density at radius 1 is 1.44 bits per heavy atom. The lowest BCUT2D eigenvalue weighted by molar-refractivity contribution is -0.114. The van der Waals surface area contributed by atoms with Gasteiger partial charge in [-0.15, -0.1) is 0 Å². The molecule has 3 N–H and O–H groups in total. The average molecular weight is 222 g/mol. The highest BCUT2D eigenvalue weighted by molar-refractivity contribution is 5.99. The molecule has 1 rings (SSSR count). The highest BCUT2D eigenvalue weighted by atomic mass is 16.4. The predicted molar refractivity (Wildman–Crippen MR) is 57.1 cm³/mol. The second kappa shape index (κ2) is 4.92. The zero-order valence-corrected chi connectivity index (χ0v) is 8.47. The first kappa shape index (κ1) is 11.7. The molecular weight excluding hydrogens is 212 g/mol. The summed E-state index contributed by atoms with van der Waals surface area (Å²) >= 11 is 0. The molecule has 0 aliphatic heterocycles. The number of hydrogen-bond donors (Lipinski definition) is 3. The first-order valence-electron chi connectivity index (χ1n) is 4.37. The van der Waals surface area contributed by atoms with Gasteiger partial charge in [-0.3, -0.25) is 4.79 Å². The number of amides is 1. The number of carboxylic acids is 1. The highest BCUT2D eigenvalue weighted by Gasteiger charge is 2.08. The summed E-state index contributed by atoms with van der Waals surface area (Å²) in [7, 11) is 0. The largest absolute Gasteiger partial charge is 0.478 e. The molecule has 0 saturated carbocycles. The van der Waals surface area contributed by atoms with Gasteiger partial charge in [-0.25, -0.2) is 4.79 Å². The Balaban J connectivity index is 3.18. The fourth-order valence-corrected chi connectivity index (χ4v) is 1.17. The van der Waals surface area contributed by atoms with Gasteiger partial charge in [0.15, 0.2) is 0 Å². The molecule has 0 heterocycles. The van der Waals surface area contributed by atoms with E-state index >= 15 is 0 Å². The summed E-state index contributed by atoms with van der Waals surface area (Å²) in [5.41, 5.74) is 0.747. The van der Waals surface area contributed by atoms with Crippen LogP contribution in [0.15, 0.2) is 23.4 Å². The molecule has 0 aliphatic carbocycles. The number of carbonyl (C=O) groups excluding carboxylic acids is 1. The molecule has 6 nitrogen and oxygen atoms in total. The lowest BCUT2D eigenvalue weighted by Crippen LogP contribution is -2.09. The zero-order chi connectivity index (χ0) is 12.1. The Labute approximate surface area is 91.2 Å². The Bertz CT molecular complexity index is 454. The predicted octanol–water partition coefficient (Wildman–Crippen LogP) is 1.15. The van der Waals surface area contributed by atoms with Crippen molar-refractivity contribution < 1.29 is 19.9 Å². The maximum absolute atomic E-state index is 10.9. The van der Waals surface area contributed by atoms with Crippen LogP contribution in [-0.4, -0.2) is 28.4 Å². The molecule has 0 aliphatic rings. The number of nitrogens with one attached hydrogen (secondary N) is 1. The van der Waals surface area contributed by atoms with Crippen LogP contribution < -0.4 is 5.32 Å². The number of rotatable bonds is 3. The van der Waals surface area contributed by atoms with Gasteiger partial charge in [0.25, 0.3) is 0 Å². The van der Waals surface area contributed by atoms with Crippen molar-refractivity contribution in [3.63, 3.8) is 0 Å². The number of nitrogens with zero attached hydrogens (tertiary/aromatic N) is 1. The summed E-state index contributed by atoms with van der Waals surface area (Å²) in [5.74, 6) is -1.39. The molecule has 0 spiro atoms.